The Morgan fingerprint density at radius 2 is 1.95 bits per heavy atom. The zero-order chi connectivity index (χ0) is 14.1. The first-order valence-electron chi connectivity index (χ1n) is 6.55. The van der Waals surface area contributed by atoms with Crippen LogP contribution in [0.25, 0.3) is 0 Å². The van der Waals surface area contributed by atoms with Gasteiger partial charge >= 0.3 is 0 Å². The molecule has 1 aromatic heterocycles. The van der Waals surface area contributed by atoms with Crippen LogP contribution >= 0.6 is 11.3 Å². The Bertz CT molecular complexity index is 524. The van der Waals surface area contributed by atoms with Crippen LogP contribution in [0.15, 0.2) is 16.3 Å². The Morgan fingerprint density at radius 3 is 2.53 bits per heavy atom. The summed E-state index contributed by atoms with van der Waals surface area (Å²) >= 11 is 1.27. The lowest BCUT2D eigenvalue weighted by Crippen LogP contribution is -2.40. The maximum absolute atomic E-state index is 12.5. The van der Waals surface area contributed by atoms with Gasteiger partial charge < -0.3 is 5.11 Å². The molecular weight excluding hydrogens is 282 g/mol. The molecule has 1 N–H and O–H groups in total. The van der Waals surface area contributed by atoms with Crippen LogP contribution in [0.5, 0.6) is 0 Å². The van der Waals surface area contributed by atoms with E-state index in [0.29, 0.717) is 23.7 Å². The highest BCUT2D eigenvalue weighted by molar-refractivity contribution is 7.91. The fraction of sp³-hybridized carbons (Fsp3) is 0.692. The molecule has 1 saturated heterocycles. The molecule has 2 heterocycles. The van der Waals surface area contributed by atoms with E-state index in [9.17, 15) is 8.42 Å². The molecule has 0 spiro atoms. The molecule has 0 aliphatic carbocycles. The highest BCUT2D eigenvalue weighted by atomic mass is 32.2. The second-order valence-electron chi connectivity index (χ2n) is 5.76. The minimum atomic E-state index is -3.34. The molecule has 0 saturated carbocycles. The van der Waals surface area contributed by atoms with Gasteiger partial charge in [0.2, 0.25) is 0 Å². The van der Waals surface area contributed by atoms with Crippen molar-refractivity contribution in [1.29, 1.82) is 0 Å². The second-order valence-corrected chi connectivity index (χ2v) is 9.10. The fourth-order valence-corrected chi connectivity index (χ4v) is 5.14. The summed E-state index contributed by atoms with van der Waals surface area (Å²) in [5.41, 5.74) is 0.240. The quantitative estimate of drug-likeness (QED) is 0.926. The van der Waals surface area contributed by atoms with E-state index < -0.39 is 10.0 Å². The van der Waals surface area contributed by atoms with Crippen LogP contribution in [-0.4, -0.2) is 37.5 Å². The monoisotopic (exact) mass is 303 g/mol. The summed E-state index contributed by atoms with van der Waals surface area (Å²) in [6.07, 6.45) is 2.33. The highest BCUT2D eigenvalue weighted by Crippen LogP contribution is 2.33. The summed E-state index contributed by atoms with van der Waals surface area (Å²) in [4.78, 5) is 0.915. The minimum absolute atomic E-state index is 0.0535. The molecule has 4 nitrogen and oxygen atoms in total. The first kappa shape index (κ1) is 15.0. The first-order chi connectivity index (χ1) is 8.85. The Hall–Kier alpha value is -0.430. The fourth-order valence-electron chi connectivity index (χ4n) is 2.20. The van der Waals surface area contributed by atoms with Crippen molar-refractivity contribution in [3.05, 3.63) is 17.0 Å². The van der Waals surface area contributed by atoms with E-state index in [4.69, 9.17) is 5.11 Å². The molecule has 0 atom stereocenters. The van der Waals surface area contributed by atoms with Crippen molar-refractivity contribution in [2.24, 2.45) is 5.41 Å². The lowest BCUT2D eigenvalue weighted by molar-refractivity contribution is 0.196. The average molecular weight is 303 g/mol. The van der Waals surface area contributed by atoms with Crippen molar-refractivity contribution in [3.8, 4) is 0 Å². The van der Waals surface area contributed by atoms with E-state index in [1.54, 1.807) is 16.4 Å². The molecule has 1 aromatic rings. The number of aliphatic hydroxyl groups is 1. The zero-order valence-electron chi connectivity index (χ0n) is 11.4. The Kier molecular flexibility index (Phi) is 4.35. The van der Waals surface area contributed by atoms with E-state index in [0.717, 1.165) is 17.7 Å². The molecule has 2 rings (SSSR count). The van der Waals surface area contributed by atoms with Crippen molar-refractivity contribution in [3.63, 3.8) is 0 Å². The van der Waals surface area contributed by atoms with E-state index in [-0.39, 0.29) is 12.0 Å². The molecule has 108 valence electrons. The van der Waals surface area contributed by atoms with Gasteiger partial charge in [-0.25, -0.2) is 8.42 Å². The standard InChI is InChI=1S/C13H21NO3S2/c1-13(2)6-8-14(9-7-13)19(16,17)12-4-3-11(18-12)5-10-15/h3-4,15H,5-10H2,1-2H3. The van der Waals surface area contributed by atoms with Gasteiger partial charge in [0.05, 0.1) is 0 Å². The van der Waals surface area contributed by atoms with Crippen molar-refractivity contribution in [2.75, 3.05) is 19.7 Å². The number of hydrogen-bond acceptors (Lipinski definition) is 4. The lowest BCUT2D eigenvalue weighted by atomic mass is 9.83. The van der Waals surface area contributed by atoms with Crippen molar-refractivity contribution >= 4 is 21.4 Å². The Labute approximate surface area is 119 Å². The van der Waals surface area contributed by atoms with E-state index in [1.807, 2.05) is 0 Å². The third kappa shape index (κ3) is 3.37. The molecule has 1 aliphatic heterocycles. The number of aliphatic hydroxyl groups excluding tert-OH is 1. The van der Waals surface area contributed by atoms with Crippen LogP contribution in [0.3, 0.4) is 0 Å². The Morgan fingerprint density at radius 1 is 1.32 bits per heavy atom. The molecule has 19 heavy (non-hydrogen) atoms. The number of thiophene rings is 1. The molecule has 6 heteroatoms. The van der Waals surface area contributed by atoms with Gasteiger partial charge in [-0.3, -0.25) is 0 Å². The topological polar surface area (TPSA) is 57.6 Å². The summed E-state index contributed by atoms with van der Waals surface area (Å²) < 4.78 is 27.0. The van der Waals surface area contributed by atoms with Gasteiger partial charge in [-0.2, -0.15) is 4.31 Å². The molecule has 1 aliphatic rings. The molecule has 0 radical (unpaired) electrons. The normalized spacial score (nSPS) is 20.6. The number of piperidine rings is 1. The van der Waals surface area contributed by atoms with Crippen LogP contribution in [0.2, 0.25) is 0 Å². The van der Waals surface area contributed by atoms with E-state index in [1.165, 1.54) is 11.3 Å². The van der Waals surface area contributed by atoms with Crippen LogP contribution in [0.4, 0.5) is 0 Å². The van der Waals surface area contributed by atoms with E-state index in [2.05, 4.69) is 13.8 Å². The number of rotatable bonds is 4. The van der Waals surface area contributed by atoms with Crippen LogP contribution in [-0.2, 0) is 16.4 Å². The van der Waals surface area contributed by atoms with Crippen LogP contribution in [0, 0.1) is 5.41 Å². The summed E-state index contributed by atoms with van der Waals surface area (Å²) in [7, 11) is -3.34. The number of nitrogens with zero attached hydrogens (tertiary/aromatic N) is 1. The van der Waals surface area contributed by atoms with Gasteiger partial charge in [0.15, 0.2) is 0 Å². The molecule has 0 bridgehead atoms. The zero-order valence-corrected chi connectivity index (χ0v) is 13.1. The summed E-state index contributed by atoms with van der Waals surface area (Å²) in [6.45, 7) is 5.62. The number of hydrogen-bond donors (Lipinski definition) is 1. The third-order valence-electron chi connectivity index (χ3n) is 3.67. The summed E-state index contributed by atoms with van der Waals surface area (Å²) in [5, 5.41) is 8.88. The van der Waals surface area contributed by atoms with E-state index >= 15 is 0 Å². The maximum atomic E-state index is 12.5. The van der Waals surface area contributed by atoms with Crippen LogP contribution < -0.4 is 0 Å². The molecule has 0 aromatic carbocycles. The van der Waals surface area contributed by atoms with Gasteiger partial charge in [0, 0.05) is 31.0 Å². The van der Waals surface area contributed by atoms with Crippen molar-refractivity contribution in [1.82, 2.24) is 4.31 Å². The van der Waals surface area contributed by atoms with Gasteiger partial charge in [-0.15, -0.1) is 11.3 Å². The summed E-state index contributed by atoms with van der Waals surface area (Å²) in [6, 6.07) is 3.45. The minimum Gasteiger partial charge on any atom is -0.396 e. The molecule has 0 amide bonds. The third-order valence-corrected chi connectivity index (χ3v) is 7.18. The number of sulfonamides is 1. The first-order valence-corrected chi connectivity index (χ1v) is 8.80. The molecule has 0 unspecified atom stereocenters. The van der Waals surface area contributed by atoms with Crippen LogP contribution in [0.1, 0.15) is 31.6 Å². The maximum Gasteiger partial charge on any atom is 0.252 e. The van der Waals surface area contributed by atoms with Gasteiger partial charge in [-0.1, -0.05) is 13.8 Å². The average Bonchev–Trinajstić information content (AvgIpc) is 2.78. The lowest BCUT2D eigenvalue weighted by Gasteiger charge is -2.35. The molecule has 1 fully saturated rings. The Balaban J connectivity index is 2.13. The largest absolute Gasteiger partial charge is 0.396 e. The van der Waals surface area contributed by atoms with Gasteiger partial charge in [0.25, 0.3) is 10.0 Å². The SMILES string of the molecule is CC1(C)CCN(S(=O)(=O)c2ccc(CCO)s2)CC1. The van der Waals surface area contributed by atoms with Gasteiger partial charge in [-0.05, 0) is 30.4 Å². The smallest absolute Gasteiger partial charge is 0.252 e. The van der Waals surface area contributed by atoms with Crippen molar-refractivity contribution < 1.29 is 13.5 Å². The van der Waals surface area contributed by atoms with Gasteiger partial charge in [0.1, 0.15) is 4.21 Å². The predicted molar refractivity (Wildman–Crippen MR) is 76.9 cm³/mol. The molecular formula is C13H21NO3S2. The summed E-state index contributed by atoms with van der Waals surface area (Å²) in [5.74, 6) is 0. The second kappa shape index (κ2) is 5.52. The predicted octanol–water partition coefficient (Wildman–Crippen LogP) is 2.09. The highest BCUT2D eigenvalue weighted by Gasteiger charge is 2.33. The van der Waals surface area contributed by atoms with Crippen molar-refractivity contribution in [2.45, 2.75) is 37.3 Å².